The van der Waals surface area contributed by atoms with Gasteiger partial charge in [-0.2, -0.15) is 0 Å². The summed E-state index contributed by atoms with van der Waals surface area (Å²) in [5.41, 5.74) is 2.67. The number of hydrogen-bond acceptors (Lipinski definition) is 7. The summed E-state index contributed by atoms with van der Waals surface area (Å²) < 4.78 is 32.5. The van der Waals surface area contributed by atoms with Crippen LogP contribution in [0.4, 0.5) is 0 Å². The van der Waals surface area contributed by atoms with E-state index in [9.17, 15) is 13.2 Å². The number of benzene rings is 1. The summed E-state index contributed by atoms with van der Waals surface area (Å²) in [6.45, 7) is 6.37. The van der Waals surface area contributed by atoms with E-state index in [0.717, 1.165) is 29.4 Å². The van der Waals surface area contributed by atoms with Gasteiger partial charge < -0.3 is 10.1 Å². The van der Waals surface area contributed by atoms with E-state index >= 15 is 0 Å². The van der Waals surface area contributed by atoms with Gasteiger partial charge in [0.05, 0.1) is 41.0 Å². The Morgan fingerprint density at radius 3 is 2.55 bits per heavy atom. The van der Waals surface area contributed by atoms with Crippen LogP contribution in [0.5, 0.6) is 5.88 Å². The second-order valence-corrected chi connectivity index (χ2v) is 11.3. The summed E-state index contributed by atoms with van der Waals surface area (Å²) >= 11 is 0. The Hall–Kier alpha value is -3.79. The standard InChI is InChI=1S/C26H25N5O4S.C2H6/c1-2-35-24-16-27-15-22(29-24)17-6-9-21(28-14-17)25(32)30-26(11-12-26)20-4-3-5-23-19(20)10-13-31(23)36(33,34)18-7-8-18;1-2/h3-6,9-10,13-16,18H,2,7-8,11-12H2,1H3,(H,30,32);1-2H3. The van der Waals surface area contributed by atoms with Crippen molar-refractivity contribution in [3.63, 3.8) is 0 Å². The Kier molecular flexibility index (Phi) is 6.92. The summed E-state index contributed by atoms with van der Waals surface area (Å²) in [6.07, 6.45) is 9.35. The molecular weight excluding hydrogens is 502 g/mol. The van der Waals surface area contributed by atoms with Crippen LogP contribution in [-0.2, 0) is 15.6 Å². The van der Waals surface area contributed by atoms with E-state index < -0.39 is 15.6 Å². The largest absolute Gasteiger partial charge is 0.477 e. The molecule has 1 N–H and O–H groups in total. The highest BCUT2D eigenvalue weighted by Crippen LogP contribution is 2.48. The lowest BCUT2D eigenvalue weighted by Crippen LogP contribution is -2.35. The van der Waals surface area contributed by atoms with Gasteiger partial charge in [-0.05, 0) is 62.4 Å². The minimum absolute atomic E-state index is 0.282. The Morgan fingerprint density at radius 1 is 1.11 bits per heavy atom. The first-order valence-electron chi connectivity index (χ1n) is 13.0. The summed E-state index contributed by atoms with van der Waals surface area (Å²) in [5, 5.41) is 3.70. The molecular formula is C28H31N5O4S. The molecule has 0 atom stereocenters. The van der Waals surface area contributed by atoms with E-state index in [1.807, 2.05) is 45.0 Å². The van der Waals surface area contributed by atoms with Crippen LogP contribution in [0.15, 0.2) is 61.2 Å². The number of amides is 1. The van der Waals surface area contributed by atoms with Gasteiger partial charge in [0.15, 0.2) is 0 Å². The van der Waals surface area contributed by atoms with Crippen LogP contribution in [-0.4, -0.2) is 45.1 Å². The minimum atomic E-state index is -3.39. The van der Waals surface area contributed by atoms with Gasteiger partial charge in [0, 0.05) is 23.3 Å². The van der Waals surface area contributed by atoms with Gasteiger partial charge in [0.1, 0.15) is 5.69 Å². The molecule has 3 heterocycles. The molecule has 9 nitrogen and oxygen atoms in total. The second kappa shape index (κ2) is 10.2. The maximum atomic E-state index is 13.1. The van der Waals surface area contributed by atoms with Crippen LogP contribution < -0.4 is 10.1 Å². The van der Waals surface area contributed by atoms with Crippen molar-refractivity contribution in [1.29, 1.82) is 0 Å². The maximum absolute atomic E-state index is 13.1. The molecule has 2 saturated carbocycles. The molecule has 10 heteroatoms. The van der Waals surface area contributed by atoms with Gasteiger partial charge in [-0.3, -0.25) is 14.8 Å². The third-order valence-electron chi connectivity index (χ3n) is 6.73. The number of nitrogens with one attached hydrogen (secondary N) is 1. The number of nitrogens with zero attached hydrogens (tertiary/aromatic N) is 4. The van der Waals surface area contributed by atoms with Gasteiger partial charge in [-0.25, -0.2) is 17.4 Å². The lowest BCUT2D eigenvalue weighted by Gasteiger charge is -2.19. The molecule has 3 aromatic heterocycles. The summed E-state index contributed by atoms with van der Waals surface area (Å²) in [7, 11) is -3.39. The van der Waals surface area contributed by atoms with E-state index in [1.165, 1.54) is 3.97 Å². The number of rotatable bonds is 8. The molecule has 1 aromatic carbocycles. The van der Waals surface area contributed by atoms with Crippen molar-refractivity contribution >= 4 is 26.8 Å². The second-order valence-electron chi connectivity index (χ2n) is 9.24. The fraction of sp³-hybridized carbons (Fsp3) is 0.357. The molecule has 6 rings (SSSR count). The van der Waals surface area contributed by atoms with E-state index in [4.69, 9.17) is 4.74 Å². The fourth-order valence-corrected chi connectivity index (χ4v) is 6.28. The number of pyridine rings is 1. The van der Waals surface area contributed by atoms with Crippen LogP contribution in [0.3, 0.4) is 0 Å². The molecule has 0 spiro atoms. The van der Waals surface area contributed by atoms with E-state index in [-0.39, 0.29) is 11.2 Å². The van der Waals surface area contributed by atoms with Gasteiger partial charge in [0.25, 0.3) is 5.91 Å². The van der Waals surface area contributed by atoms with Gasteiger partial charge in [0.2, 0.25) is 15.9 Å². The average Bonchev–Trinajstić information content (AvgIpc) is 3.88. The van der Waals surface area contributed by atoms with Crippen molar-refractivity contribution in [3.8, 4) is 17.1 Å². The highest BCUT2D eigenvalue weighted by atomic mass is 32.2. The lowest BCUT2D eigenvalue weighted by atomic mass is 10.00. The molecule has 4 aromatic rings. The van der Waals surface area contributed by atoms with Crippen LogP contribution in [0.2, 0.25) is 0 Å². The number of fused-ring (bicyclic) bond motifs is 1. The molecule has 0 radical (unpaired) electrons. The maximum Gasteiger partial charge on any atom is 0.270 e. The molecule has 1 amide bonds. The van der Waals surface area contributed by atoms with Crippen LogP contribution >= 0.6 is 0 Å². The first-order chi connectivity index (χ1) is 18.4. The molecule has 0 saturated heterocycles. The number of ether oxygens (including phenoxy) is 1. The Morgan fingerprint density at radius 2 is 1.89 bits per heavy atom. The molecule has 2 aliphatic carbocycles. The molecule has 2 fully saturated rings. The Labute approximate surface area is 222 Å². The smallest absolute Gasteiger partial charge is 0.270 e. The van der Waals surface area contributed by atoms with Crippen molar-refractivity contribution in [2.24, 2.45) is 0 Å². The van der Waals surface area contributed by atoms with Gasteiger partial charge >= 0.3 is 0 Å². The minimum Gasteiger partial charge on any atom is -0.477 e. The van der Waals surface area contributed by atoms with Crippen LogP contribution in [0.1, 0.15) is 62.5 Å². The summed E-state index contributed by atoms with van der Waals surface area (Å²) in [6, 6.07) is 10.9. The van der Waals surface area contributed by atoms with Crippen molar-refractivity contribution in [2.45, 2.75) is 57.2 Å². The van der Waals surface area contributed by atoms with Crippen molar-refractivity contribution in [3.05, 3.63) is 72.4 Å². The predicted molar refractivity (Wildman–Crippen MR) is 145 cm³/mol. The van der Waals surface area contributed by atoms with E-state index in [1.54, 1.807) is 36.9 Å². The van der Waals surface area contributed by atoms with Crippen molar-refractivity contribution in [2.75, 3.05) is 6.61 Å². The number of carbonyl (C=O) groups is 1. The van der Waals surface area contributed by atoms with Crippen LogP contribution in [0.25, 0.3) is 22.2 Å². The zero-order valence-electron chi connectivity index (χ0n) is 21.7. The van der Waals surface area contributed by atoms with Gasteiger partial charge in [-0.1, -0.05) is 26.0 Å². The third-order valence-corrected chi connectivity index (χ3v) is 8.91. The van der Waals surface area contributed by atoms with Crippen LogP contribution in [0, 0.1) is 0 Å². The molecule has 198 valence electrons. The highest BCUT2D eigenvalue weighted by Gasteiger charge is 2.47. The lowest BCUT2D eigenvalue weighted by molar-refractivity contribution is 0.0926. The fourth-order valence-electron chi connectivity index (χ4n) is 4.56. The number of hydrogen-bond donors (Lipinski definition) is 1. The summed E-state index contributed by atoms with van der Waals surface area (Å²) in [5.74, 6) is 0.149. The van der Waals surface area contributed by atoms with Crippen molar-refractivity contribution < 1.29 is 17.9 Å². The Balaban J connectivity index is 0.00000144. The van der Waals surface area contributed by atoms with E-state index in [0.29, 0.717) is 42.2 Å². The zero-order chi connectivity index (χ0) is 26.9. The molecule has 38 heavy (non-hydrogen) atoms. The first kappa shape index (κ1) is 25.8. The molecule has 2 aliphatic rings. The quantitative estimate of drug-likeness (QED) is 0.350. The topological polar surface area (TPSA) is 116 Å². The average molecular weight is 534 g/mol. The Bertz CT molecular complexity index is 1570. The SMILES string of the molecule is CC.CCOc1cncc(-c2ccc(C(=O)NC3(c4cccc5c4ccn5S(=O)(=O)C4CC4)CC3)nc2)n1. The number of carbonyl (C=O) groups excluding carboxylic acids is 1. The van der Waals surface area contributed by atoms with Crippen molar-refractivity contribution in [1.82, 2.24) is 24.2 Å². The molecule has 0 bridgehead atoms. The zero-order valence-corrected chi connectivity index (χ0v) is 22.5. The predicted octanol–water partition coefficient (Wildman–Crippen LogP) is 4.68. The third kappa shape index (κ3) is 4.76. The summed E-state index contributed by atoms with van der Waals surface area (Å²) in [4.78, 5) is 26.1. The molecule has 0 aliphatic heterocycles. The molecule has 0 unspecified atom stereocenters. The normalized spacial score (nSPS) is 15.9. The van der Waals surface area contributed by atoms with Gasteiger partial charge in [-0.15, -0.1) is 0 Å². The monoisotopic (exact) mass is 533 g/mol. The highest BCUT2D eigenvalue weighted by molar-refractivity contribution is 7.91. The number of aromatic nitrogens is 4. The van der Waals surface area contributed by atoms with E-state index in [2.05, 4.69) is 20.3 Å². The first-order valence-corrected chi connectivity index (χ1v) is 14.5.